The van der Waals surface area contributed by atoms with Crippen molar-refractivity contribution >= 4 is 12.0 Å². The molecule has 0 spiro atoms. The van der Waals surface area contributed by atoms with Crippen LogP contribution in [-0.4, -0.2) is 19.2 Å². The van der Waals surface area contributed by atoms with Crippen LogP contribution >= 0.6 is 0 Å². The van der Waals surface area contributed by atoms with Gasteiger partial charge in [-0.15, -0.1) is 0 Å². The Kier molecular flexibility index (Phi) is 4.82. The maximum absolute atomic E-state index is 11.4. The van der Waals surface area contributed by atoms with Crippen molar-refractivity contribution in [1.29, 1.82) is 0 Å². The molecular formula is C16H19NO3. The summed E-state index contributed by atoms with van der Waals surface area (Å²) >= 11 is 0. The van der Waals surface area contributed by atoms with Crippen molar-refractivity contribution in [2.24, 2.45) is 5.92 Å². The third-order valence-electron chi connectivity index (χ3n) is 2.73. The fourth-order valence-electron chi connectivity index (χ4n) is 1.69. The molecule has 1 aliphatic rings. The molecule has 1 amide bonds. The molecular weight excluding hydrogens is 254 g/mol. The zero-order valence-corrected chi connectivity index (χ0v) is 11.8. The lowest BCUT2D eigenvalue weighted by molar-refractivity contribution is -0.116. The van der Waals surface area contributed by atoms with Gasteiger partial charge in [0.25, 0.3) is 0 Å². The van der Waals surface area contributed by atoms with Gasteiger partial charge in [0.15, 0.2) is 11.5 Å². The average molecular weight is 273 g/mol. The monoisotopic (exact) mass is 273 g/mol. The van der Waals surface area contributed by atoms with Gasteiger partial charge in [0, 0.05) is 12.6 Å². The minimum atomic E-state index is -0.0750. The van der Waals surface area contributed by atoms with E-state index >= 15 is 0 Å². The van der Waals surface area contributed by atoms with Gasteiger partial charge in [0.1, 0.15) is 0 Å². The molecule has 20 heavy (non-hydrogen) atoms. The zero-order valence-electron chi connectivity index (χ0n) is 11.8. The average Bonchev–Trinajstić information content (AvgIpc) is 2.88. The summed E-state index contributed by atoms with van der Waals surface area (Å²) in [6.07, 6.45) is 6.98. The van der Waals surface area contributed by atoms with Gasteiger partial charge < -0.3 is 14.8 Å². The second-order valence-corrected chi connectivity index (χ2v) is 4.97. The Labute approximate surface area is 119 Å². The summed E-state index contributed by atoms with van der Waals surface area (Å²) in [6.45, 7) is 5.08. The normalized spacial score (nSPS) is 13.6. The highest BCUT2D eigenvalue weighted by atomic mass is 16.7. The Morgan fingerprint density at radius 2 is 2.10 bits per heavy atom. The van der Waals surface area contributed by atoms with Gasteiger partial charge in [-0.2, -0.15) is 0 Å². The first-order chi connectivity index (χ1) is 9.65. The number of nitrogens with one attached hydrogen (secondary N) is 1. The molecule has 0 fully saturated rings. The molecule has 2 rings (SSSR count). The molecule has 0 unspecified atom stereocenters. The van der Waals surface area contributed by atoms with E-state index in [9.17, 15) is 4.79 Å². The molecule has 106 valence electrons. The van der Waals surface area contributed by atoms with Crippen LogP contribution < -0.4 is 14.8 Å². The van der Waals surface area contributed by atoms with Crippen LogP contribution in [0.15, 0.2) is 36.4 Å². The van der Waals surface area contributed by atoms with E-state index in [1.165, 1.54) is 6.08 Å². The molecule has 4 heteroatoms. The zero-order chi connectivity index (χ0) is 14.4. The van der Waals surface area contributed by atoms with Gasteiger partial charge in [-0.1, -0.05) is 38.1 Å². The number of ether oxygens (including phenoxy) is 2. The summed E-state index contributed by atoms with van der Waals surface area (Å²) in [7, 11) is 0. The van der Waals surface area contributed by atoms with Crippen LogP contribution in [0.3, 0.4) is 0 Å². The van der Waals surface area contributed by atoms with Crippen LogP contribution in [0, 0.1) is 5.92 Å². The minimum absolute atomic E-state index is 0.0750. The fraction of sp³-hybridized carbons (Fsp3) is 0.312. The van der Waals surface area contributed by atoms with E-state index in [-0.39, 0.29) is 12.7 Å². The second kappa shape index (κ2) is 6.80. The van der Waals surface area contributed by atoms with Crippen molar-refractivity contribution in [2.45, 2.75) is 13.8 Å². The lowest BCUT2D eigenvalue weighted by Crippen LogP contribution is -2.25. The van der Waals surface area contributed by atoms with Crippen molar-refractivity contribution < 1.29 is 14.3 Å². The van der Waals surface area contributed by atoms with Gasteiger partial charge in [0.05, 0.1) is 0 Å². The first kappa shape index (κ1) is 14.2. The molecule has 1 aromatic carbocycles. The number of carbonyl (C=O) groups is 1. The van der Waals surface area contributed by atoms with Gasteiger partial charge in [-0.25, -0.2) is 0 Å². The maximum atomic E-state index is 11.4. The molecule has 0 atom stereocenters. The van der Waals surface area contributed by atoms with Gasteiger partial charge in [-0.3, -0.25) is 4.79 Å². The molecule has 0 aliphatic carbocycles. The topological polar surface area (TPSA) is 47.6 Å². The Morgan fingerprint density at radius 3 is 2.90 bits per heavy atom. The molecule has 0 saturated heterocycles. The first-order valence-corrected chi connectivity index (χ1v) is 6.67. The highest BCUT2D eigenvalue weighted by Crippen LogP contribution is 2.32. The number of rotatable bonds is 5. The number of allylic oxidation sites excluding steroid dienone is 2. The van der Waals surface area contributed by atoms with Crippen molar-refractivity contribution in [3.8, 4) is 11.5 Å². The number of benzene rings is 1. The standard InChI is InChI=1S/C16H19NO3/c1-12(2)10-17-16(18)6-4-3-5-13-7-8-14-15(9-13)20-11-19-14/h3-9,12H,10-11H2,1-2H3,(H,17,18). The fourth-order valence-corrected chi connectivity index (χ4v) is 1.69. The van der Waals surface area contributed by atoms with Gasteiger partial charge in [-0.05, 0) is 23.6 Å². The second-order valence-electron chi connectivity index (χ2n) is 4.97. The largest absolute Gasteiger partial charge is 0.454 e. The number of fused-ring (bicyclic) bond motifs is 1. The molecule has 0 bridgehead atoms. The van der Waals surface area contributed by atoms with E-state index < -0.39 is 0 Å². The van der Waals surface area contributed by atoms with Crippen molar-refractivity contribution in [1.82, 2.24) is 5.32 Å². The van der Waals surface area contributed by atoms with Crippen LogP contribution in [-0.2, 0) is 4.79 Å². The van der Waals surface area contributed by atoms with E-state index in [1.807, 2.05) is 30.4 Å². The predicted molar refractivity (Wildman–Crippen MR) is 78.6 cm³/mol. The van der Waals surface area contributed by atoms with E-state index in [0.717, 1.165) is 17.1 Å². The summed E-state index contributed by atoms with van der Waals surface area (Å²) in [6, 6.07) is 5.73. The van der Waals surface area contributed by atoms with E-state index in [1.54, 1.807) is 6.08 Å². The Balaban J connectivity index is 1.85. The summed E-state index contributed by atoms with van der Waals surface area (Å²) in [5.41, 5.74) is 1.00. The third-order valence-corrected chi connectivity index (χ3v) is 2.73. The SMILES string of the molecule is CC(C)CNC(=O)C=CC=Cc1ccc2c(c1)OCO2. The molecule has 0 aromatic heterocycles. The number of hydrogen-bond donors (Lipinski definition) is 1. The molecule has 0 radical (unpaired) electrons. The summed E-state index contributed by atoms with van der Waals surface area (Å²) < 4.78 is 10.5. The van der Waals surface area contributed by atoms with Crippen LogP contribution in [0.4, 0.5) is 0 Å². The first-order valence-electron chi connectivity index (χ1n) is 6.67. The highest BCUT2D eigenvalue weighted by Gasteiger charge is 2.11. The molecule has 4 nitrogen and oxygen atoms in total. The van der Waals surface area contributed by atoms with Crippen LogP contribution in [0.25, 0.3) is 6.08 Å². The number of amides is 1. The maximum Gasteiger partial charge on any atom is 0.243 e. The van der Waals surface area contributed by atoms with E-state index in [0.29, 0.717) is 12.5 Å². The molecule has 1 N–H and O–H groups in total. The van der Waals surface area contributed by atoms with E-state index in [4.69, 9.17) is 9.47 Å². The Hall–Kier alpha value is -2.23. The third kappa shape index (κ3) is 4.16. The summed E-state index contributed by atoms with van der Waals surface area (Å²) in [5.74, 6) is 1.90. The van der Waals surface area contributed by atoms with E-state index in [2.05, 4.69) is 19.2 Å². The van der Waals surface area contributed by atoms with Crippen LogP contribution in [0.2, 0.25) is 0 Å². The highest BCUT2D eigenvalue weighted by molar-refractivity contribution is 5.87. The minimum Gasteiger partial charge on any atom is -0.454 e. The van der Waals surface area contributed by atoms with Crippen LogP contribution in [0.5, 0.6) is 11.5 Å². The lowest BCUT2D eigenvalue weighted by Gasteiger charge is -2.03. The van der Waals surface area contributed by atoms with Crippen molar-refractivity contribution in [3.63, 3.8) is 0 Å². The quantitative estimate of drug-likeness (QED) is 0.663. The van der Waals surface area contributed by atoms with Gasteiger partial charge >= 0.3 is 0 Å². The Morgan fingerprint density at radius 1 is 1.30 bits per heavy atom. The lowest BCUT2D eigenvalue weighted by atomic mass is 10.2. The molecule has 1 aliphatic heterocycles. The van der Waals surface area contributed by atoms with Crippen molar-refractivity contribution in [2.75, 3.05) is 13.3 Å². The number of carbonyl (C=O) groups excluding carboxylic acids is 1. The number of hydrogen-bond acceptors (Lipinski definition) is 3. The summed E-state index contributed by atoms with van der Waals surface area (Å²) in [4.78, 5) is 11.4. The molecule has 0 saturated carbocycles. The summed E-state index contributed by atoms with van der Waals surface area (Å²) in [5, 5.41) is 2.82. The van der Waals surface area contributed by atoms with Crippen molar-refractivity contribution in [3.05, 3.63) is 42.0 Å². The van der Waals surface area contributed by atoms with Crippen LogP contribution in [0.1, 0.15) is 19.4 Å². The van der Waals surface area contributed by atoms with Gasteiger partial charge in [0.2, 0.25) is 12.7 Å². The smallest absolute Gasteiger partial charge is 0.243 e. The predicted octanol–water partition coefficient (Wildman–Crippen LogP) is 2.76. The Bertz CT molecular complexity index is 533. The molecule has 1 aromatic rings. The molecule has 1 heterocycles.